The highest BCUT2D eigenvalue weighted by Crippen LogP contribution is 2.26. The Morgan fingerprint density at radius 1 is 1.11 bits per heavy atom. The molecule has 1 aromatic carbocycles. The summed E-state index contributed by atoms with van der Waals surface area (Å²) >= 11 is 0. The molecule has 2 aromatic rings. The van der Waals surface area contributed by atoms with Gasteiger partial charge in [0.05, 0.1) is 5.69 Å². The molecule has 4 heteroatoms. The van der Waals surface area contributed by atoms with Crippen LogP contribution in [0.3, 0.4) is 0 Å². The number of benzene rings is 1. The molecule has 0 atom stereocenters. The lowest BCUT2D eigenvalue weighted by atomic mass is 10.00. The van der Waals surface area contributed by atoms with Gasteiger partial charge in [0.2, 0.25) is 0 Å². The van der Waals surface area contributed by atoms with Crippen LogP contribution in [-0.4, -0.2) is 50.3 Å². The monoisotopic (exact) mass is 474 g/mol. The van der Waals surface area contributed by atoms with E-state index in [0.717, 1.165) is 45.1 Å². The molecule has 0 unspecified atom stereocenters. The Bertz CT molecular complexity index is 993. The molecule has 0 radical (unpaired) electrons. The van der Waals surface area contributed by atoms with Crippen LogP contribution in [0.5, 0.6) is 0 Å². The maximum Gasteiger partial charge on any atom is 0.0705 e. The third-order valence-corrected chi connectivity index (χ3v) is 5.71. The van der Waals surface area contributed by atoms with Gasteiger partial charge in [-0.1, -0.05) is 63.8 Å². The van der Waals surface area contributed by atoms with E-state index >= 15 is 0 Å². The smallest absolute Gasteiger partial charge is 0.0705 e. The number of allylic oxidation sites excluding steroid dienone is 4. The molecule has 1 aliphatic heterocycles. The predicted octanol–water partition coefficient (Wildman–Crippen LogP) is 7.28. The molecule has 1 saturated heterocycles. The number of hydrogen-bond acceptors (Lipinski definition) is 4. The molecule has 0 bridgehead atoms. The number of aliphatic imine (C=N–C) groups is 1. The van der Waals surface area contributed by atoms with E-state index in [1.165, 1.54) is 25.9 Å². The van der Waals surface area contributed by atoms with Crippen LogP contribution in [-0.2, 0) is 0 Å². The third kappa shape index (κ3) is 10.0. The zero-order valence-corrected chi connectivity index (χ0v) is 23.2. The summed E-state index contributed by atoms with van der Waals surface area (Å²) in [4.78, 5) is 11.0. The zero-order valence-electron chi connectivity index (χ0n) is 23.2. The van der Waals surface area contributed by atoms with Crippen molar-refractivity contribution in [3.63, 3.8) is 0 Å². The van der Waals surface area contributed by atoms with Gasteiger partial charge in [-0.15, -0.1) is 0 Å². The first kappa shape index (κ1) is 30.1. The average molecular weight is 475 g/mol. The first-order valence-electron chi connectivity index (χ1n) is 12.8. The summed E-state index contributed by atoms with van der Waals surface area (Å²) in [5.74, 6) is 0.973. The van der Waals surface area contributed by atoms with Gasteiger partial charge in [-0.2, -0.15) is 0 Å². The molecule has 0 saturated carbocycles. The Balaban J connectivity index is 0.000000574. The van der Waals surface area contributed by atoms with Gasteiger partial charge in [0.15, 0.2) is 0 Å². The van der Waals surface area contributed by atoms with Gasteiger partial charge in [0, 0.05) is 50.4 Å². The highest BCUT2D eigenvalue weighted by molar-refractivity contribution is 6.10. The van der Waals surface area contributed by atoms with Crippen molar-refractivity contribution in [3.8, 4) is 11.3 Å². The van der Waals surface area contributed by atoms with E-state index in [0.29, 0.717) is 0 Å². The summed E-state index contributed by atoms with van der Waals surface area (Å²) < 4.78 is 0. The highest BCUT2D eigenvalue weighted by Gasteiger charge is 2.08. The molecular formula is C31H46N4. The molecule has 1 aromatic heterocycles. The summed E-state index contributed by atoms with van der Waals surface area (Å²) in [6, 6.07) is 12.6. The van der Waals surface area contributed by atoms with Crippen LogP contribution in [0.4, 0.5) is 0 Å². The summed E-state index contributed by atoms with van der Waals surface area (Å²) in [7, 11) is 5.80. The van der Waals surface area contributed by atoms with Crippen molar-refractivity contribution in [1.29, 1.82) is 0 Å². The van der Waals surface area contributed by atoms with Crippen LogP contribution >= 0.6 is 0 Å². The molecular weight excluding hydrogens is 428 g/mol. The molecule has 35 heavy (non-hydrogen) atoms. The fourth-order valence-corrected chi connectivity index (χ4v) is 3.81. The average Bonchev–Trinajstić information content (AvgIpc) is 2.88. The van der Waals surface area contributed by atoms with Crippen LogP contribution < -0.4 is 5.32 Å². The predicted molar refractivity (Wildman–Crippen MR) is 157 cm³/mol. The first-order valence-corrected chi connectivity index (χ1v) is 12.8. The van der Waals surface area contributed by atoms with Crippen molar-refractivity contribution in [2.75, 3.05) is 34.2 Å². The molecule has 1 aliphatic rings. The second-order valence-electron chi connectivity index (χ2n) is 8.73. The number of hydrogen-bond donors (Lipinski definition) is 1. The lowest BCUT2D eigenvalue weighted by Gasteiger charge is -2.17. The normalized spacial score (nSPS) is 14.5. The van der Waals surface area contributed by atoms with Crippen molar-refractivity contribution in [3.05, 3.63) is 78.1 Å². The van der Waals surface area contributed by atoms with Crippen molar-refractivity contribution >= 4 is 17.4 Å². The maximum absolute atomic E-state index is 4.82. The number of aromatic nitrogens is 1. The highest BCUT2D eigenvalue weighted by atomic mass is 15.0. The van der Waals surface area contributed by atoms with Crippen LogP contribution in [0.1, 0.15) is 57.4 Å². The summed E-state index contributed by atoms with van der Waals surface area (Å²) in [5.41, 5.74) is 7.45. The van der Waals surface area contributed by atoms with E-state index in [4.69, 9.17) is 4.98 Å². The second-order valence-corrected chi connectivity index (χ2v) is 8.73. The Kier molecular flexibility index (Phi) is 14.3. The molecule has 0 aliphatic carbocycles. The number of aryl methyl sites for hydroxylation is 1. The first-order chi connectivity index (χ1) is 16.9. The van der Waals surface area contributed by atoms with Crippen molar-refractivity contribution in [2.45, 2.75) is 47.5 Å². The Morgan fingerprint density at radius 3 is 2.29 bits per heavy atom. The molecule has 1 fully saturated rings. The summed E-state index contributed by atoms with van der Waals surface area (Å²) in [5, 5.41) is 3.32. The van der Waals surface area contributed by atoms with Crippen molar-refractivity contribution < 1.29 is 0 Å². The molecule has 3 rings (SSSR count). The summed E-state index contributed by atoms with van der Waals surface area (Å²) in [6.07, 6.45) is 10.6. The quantitative estimate of drug-likeness (QED) is 0.353. The van der Waals surface area contributed by atoms with Crippen LogP contribution in [0, 0.1) is 12.8 Å². The summed E-state index contributed by atoms with van der Waals surface area (Å²) in [6.45, 7) is 16.8. The minimum atomic E-state index is 0.963. The van der Waals surface area contributed by atoms with Gasteiger partial charge in [-0.3, -0.25) is 9.98 Å². The fourth-order valence-electron chi connectivity index (χ4n) is 3.81. The molecule has 0 spiro atoms. The van der Waals surface area contributed by atoms with Gasteiger partial charge in [0.25, 0.3) is 0 Å². The van der Waals surface area contributed by atoms with E-state index in [-0.39, 0.29) is 0 Å². The van der Waals surface area contributed by atoms with E-state index in [1.807, 2.05) is 59.0 Å². The fraction of sp³-hybridized carbons (Fsp3) is 0.419. The van der Waals surface area contributed by atoms with Crippen LogP contribution in [0.15, 0.2) is 66.3 Å². The molecule has 2 heterocycles. The standard InChI is InChI=1S/C23H27N3.C6H13N.C2H6/c1-7-18(15-24-4)22-12-13-23(25-17(22)3)21-11-9-10-20(14-21)19(8-2)16-26(5)6;1-6-2-4-7-5-3-6;1-2/h7-16H,2H2,1,3-6H3;6-7H,2-5H2,1H3;1-2H3/b18-7+,19-16+,24-15?;;. The SMILES string of the molecule is C=C/C(=C\N(C)C)c1cccc(-c2ccc(/C(C=NC)=C/C)c(C)n2)c1.CC.CC1CCNCC1. The number of nitrogens with zero attached hydrogens (tertiary/aromatic N) is 3. The largest absolute Gasteiger partial charge is 0.383 e. The molecule has 190 valence electrons. The van der Waals surface area contributed by atoms with Gasteiger partial charge < -0.3 is 10.2 Å². The van der Waals surface area contributed by atoms with Gasteiger partial charge in [-0.25, -0.2) is 0 Å². The maximum atomic E-state index is 4.82. The lowest BCUT2D eigenvalue weighted by Crippen LogP contribution is -2.26. The van der Waals surface area contributed by atoms with E-state index in [2.05, 4.69) is 72.5 Å². The topological polar surface area (TPSA) is 40.5 Å². The van der Waals surface area contributed by atoms with Gasteiger partial charge in [-0.05, 0) is 74.5 Å². The minimum Gasteiger partial charge on any atom is -0.383 e. The van der Waals surface area contributed by atoms with E-state index in [1.54, 1.807) is 7.05 Å². The Labute approximate surface area is 214 Å². The van der Waals surface area contributed by atoms with Gasteiger partial charge >= 0.3 is 0 Å². The number of pyridine rings is 1. The van der Waals surface area contributed by atoms with Crippen LogP contribution in [0.2, 0.25) is 0 Å². The molecule has 1 N–H and O–H groups in total. The van der Waals surface area contributed by atoms with Crippen LogP contribution in [0.25, 0.3) is 22.4 Å². The number of nitrogens with one attached hydrogen (secondary N) is 1. The molecule has 0 amide bonds. The molecule has 4 nitrogen and oxygen atoms in total. The van der Waals surface area contributed by atoms with E-state index < -0.39 is 0 Å². The lowest BCUT2D eigenvalue weighted by molar-refractivity contribution is 0.402. The zero-order chi connectivity index (χ0) is 26.2. The van der Waals surface area contributed by atoms with Crippen molar-refractivity contribution in [2.24, 2.45) is 10.9 Å². The number of piperidine rings is 1. The van der Waals surface area contributed by atoms with Gasteiger partial charge in [0.1, 0.15) is 0 Å². The Hall–Kier alpha value is -2.98. The van der Waals surface area contributed by atoms with Crippen molar-refractivity contribution in [1.82, 2.24) is 15.2 Å². The number of rotatable bonds is 6. The Morgan fingerprint density at radius 2 is 1.80 bits per heavy atom. The van der Waals surface area contributed by atoms with E-state index in [9.17, 15) is 0 Å². The minimum absolute atomic E-state index is 0.963. The second kappa shape index (κ2) is 16.6. The third-order valence-electron chi connectivity index (χ3n) is 5.71.